The zero-order chi connectivity index (χ0) is 13.0. The van der Waals surface area contributed by atoms with Gasteiger partial charge in [0.2, 0.25) is 0 Å². The van der Waals surface area contributed by atoms with Crippen LogP contribution in [0.15, 0.2) is 9.98 Å². The molecule has 0 bridgehead atoms. The Labute approximate surface area is 100 Å². The van der Waals surface area contributed by atoms with Gasteiger partial charge in [0, 0.05) is 12.1 Å². The quantitative estimate of drug-likeness (QED) is 0.839. The summed E-state index contributed by atoms with van der Waals surface area (Å²) in [5, 5.41) is 8.23. The molecule has 0 aliphatic carbocycles. The van der Waals surface area contributed by atoms with Crippen molar-refractivity contribution in [3.8, 4) is 0 Å². The van der Waals surface area contributed by atoms with Crippen LogP contribution < -0.4 is 0 Å². The van der Waals surface area contributed by atoms with Gasteiger partial charge in [-0.05, 0) is 25.1 Å². The van der Waals surface area contributed by atoms with Crippen molar-refractivity contribution in [2.75, 3.05) is 0 Å². The van der Waals surface area contributed by atoms with Gasteiger partial charge in [-0.1, -0.05) is 0 Å². The number of alkyl halides is 2. The summed E-state index contributed by atoms with van der Waals surface area (Å²) in [6.45, 7) is 1.51. The first-order valence-corrected chi connectivity index (χ1v) is 5.62. The number of hydrogen-bond acceptors (Lipinski definition) is 4. The van der Waals surface area contributed by atoms with Crippen molar-refractivity contribution in [1.82, 2.24) is 0 Å². The van der Waals surface area contributed by atoms with E-state index in [9.17, 15) is 18.4 Å². The van der Waals surface area contributed by atoms with E-state index in [0.717, 1.165) is 0 Å². The molecule has 1 rings (SSSR count). The van der Waals surface area contributed by atoms with Crippen LogP contribution in [0.2, 0.25) is 0 Å². The van der Waals surface area contributed by atoms with Crippen LogP contribution in [0.25, 0.3) is 0 Å². The summed E-state index contributed by atoms with van der Waals surface area (Å²) in [5.41, 5.74) is 0.328. The number of carbonyl (C=O) groups is 2. The van der Waals surface area contributed by atoms with Gasteiger partial charge in [0.15, 0.2) is 5.17 Å². The zero-order valence-corrected chi connectivity index (χ0v) is 9.71. The van der Waals surface area contributed by atoms with Crippen molar-refractivity contribution in [2.45, 2.75) is 25.5 Å². The Hall–Kier alpha value is -1.31. The number of nitrogens with zero attached hydrogens (tertiary/aromatic N) is 2. The Morgan fingerprint density at radius 1 is 1.53 bits per heavy atom. The van der Waals surface area contributed by atoms with E-state index in [4.69, 9.17) is 5.11 Å². The molecule has 8 heteroatoms. The maximum atomic E-state index is 12.0. The number of thioether (sulfide) groups is 1. The summed E-state index contributed by atoms with van der Waals surface area (Å²) < 4.78 is 24.1. The molecule has 0 aromatic carbocycles. The fourth-order valence-corrected chi connectivity index (χ4v) is 1.84. The number of halogens is 2. The first kappa shape index (κ1) is 13.8. The predicted molar refractivity (Wildman–Crippen MR) is 59.5 cm³/mol. The number of aliphatic imine (C=N–C) groups is 2. The number of aliphatic carboxylic acids is 1. The molecule has 5 nitrogen and oxygen atoms in total. The topological polar surface area (TPSA) is 79.1 Å². The predicted octanol–water partition coefficient (Wildman–Crippen LogP) is 1.78. The first-order chi connectivity index (χ1) is 7.90. The zero-order valence-electron chi connectivity index (χ0n) is 8.89. The fourth-order valence-electron chi connectivity index (χ4n) is 1.34. The molecule has 1 heterocycles. The van der Waals surface area contributed by atoms with Crippen LogP contribution in [0, 0.1) is 5.92 Å². The molecule has 1 unspecified atom stereocenters. The minimum atomic E-state index is -2.69. The largest absolute Gasteiger partial charge is 0.481 e. The number of carboxylic acid groups (broad SMARTS) is 1. The van der Waals surface area contributed by atoms with Gasteiger partial charge in [0.25, 0.3) is 11.7 Å². The third kappa shape index (κ3) is 4.22. The number of amides is 1. The number of rotatable bonds is 4. The number of hydrogen-bond donors (Lipinski definition) is 1. The Bertz CT molecular complexity index is 396. The van der Waals surface area contributed by atoms with E-state index in [-0.39, 0.29) is 29.8 Å². The van der Waals surface area contributed by atoms with E-state index >= 15 is 0 Å². The van der Waals surface area contributed by atoms with E-state index in [0.29, 0.717) is 5.71 Å². The van der Waals surface area contributed by atoms with Crippen LogP contribution >= 0.6 is 11.8 Å². The number of carboxylic acids is 1. The summed E-state index contributed by atoms with van der Waals surface area (Å²) in [6, 6.07) is 0. The minimum Gasteiger partial charge on any atom is -0.481 e. The highest BCUT2D eigenvalue weighted by Gasteiger charge is 2.27. The van der Waals surface area contributed by atoms with E-state index in [1.807, 2.05) is 0 Å². The number of amidine groups is 1. The van der Waals surface area contributed by atoms with Gasteiger partial charge >= 0.3 is 5.97 Å². The molecular formula is C9H10F2N2O3S. The van der Waals surface area contributed by atoms with Crippen molar-refractivity contribution >= 4 is 34.5 Å². The Balaban J connectivity index is 2.70. The second-order valence-electron chi connectivity index (χ2n) is 3.35. The molecule has 1 aliphatic rings. The molecule has 0 saturated heterocycles. The first-order valence-electron chi connectivity index (χ1n) is 4.74. The smallest absolute Gasteiger partial charge is 0.303 e. The molecule has 1 N–H and O–H groups in total. The maximum Gasteiger partial charge on any atom is 0.303 e. The van der Waals surface area contributed by atoms with E-state index in [1.54, 1.807) is 0 Å². The van der Waals surface area contributed by atoms with Gasteiger partial charge in [-0.15, -0.1) is 0 Å². The second-order valence-corrected chi connectivity index (χ2v) is 4.31. The van der Waals surface area contributed by atoms with Gasteiger partial charge < -0.3 is 5.11 Å². The van der Waals surface area contributed by atoms with Gasteiger partial charge in [-0.2, -0.15) is 13.8 Å². The van der Waals surface area contributed by atoms with Crippen molar-refractivity contribution < 1.29 is 23.5 Å². The van der Waals surface area contributed by atoms with E-state index < -0.39 is 23.6 Å². The Kier molecular flexibility index (Phi) is 4.73. The van der Waals surface area contributed by atoms with E-state index in [2.05, 4.69) is 9.98 Å². The molecular weight excluding hydrogens is 254 g/mol. The summed E-state index contributed by atoms with van der Waals surface area (Å²) >= 11 is 0.101. The van der Waals surface area contributed by atoms with Crippen LogP contribution in [0.1, 0.15) is 19.8 Å². The van der Waals surface area contributed by atoms with Crippen molar-refractivity contribution in [1.29, 1.82) is 0 Å². The third-order valence-electron chi connectivity index (χ3n) is 2.12. The maximum absolute atomic E-state index is 12.0. The Morgan fingerprint density at radius 3 is 2.65 bits per heavy atom. The highest BCUT2D eigenvalue weighted by atomic mass is 32.2. The van der Waals surface area contributed by atoms with Crippen LogP contribution in [0.4, 0.5) is 8.78 Å². The van der Waals surface area contributed by atoms with Gasteiger partial charge in [0.1, 0.15) is 0 Å². The summed E-state index contributed by atoms with van der Waals surface area (Å²) in [5.74, 6) is -5.04. The lowest BCUT2D eigenvalue weighted by atomic mass is 9.97. The standard InChI is InChI=1S/C9H10F2N2O3S/c1-4-5(2-3-6(14)15)7(16)13-9(12-4)17-8(10)11/h5,8H,2-3H2,1H3,(H,14,15). The van der Waals surface area contributed by atoms with Crippen LogP contribution in [0.3, 0.4) is 0 Å². The average Bonchev–Trinajstić information content (AvgIpc) is 2.14. The minimum absolute atomic E-state index is 0.0830. The molecule has 0 aromatic rings. The molecule has 1 atom stereocenters. The average molecular weight is 264 g/mol. The highest BCUT2D eigenvalue weighted by molar-refractivity contribution is 8.14. The summed E-state index contributed by atoms with van der Waals surface area (Å²) in [4.78, 5) is 29.0. The second kappa shape index (κ2) is 5.85. The number of carbonyl (C=O) groups excluding carboxylic acids is 1. The van der Waals surface area contributed by atoms with E-state index in [1.165, 1.54) is 6.92 Å². The lowest BCUT2D eigenvalue weighted by Crippen LogP contribution is -2.26. The molecule has 0 fully saturated rings. The van der Waals surface area contributed by atoms with Gasteiger partial charge in [0.05, 0.1) is 5.92 Å². The lowest BCUT2D eigenvalue weighted by Gasteiger charge is -2.16. The van der Waals surface area contributed by atoms with Gasteiger partial charge in [-0.3, -0.25) is 9.59 Å². The van der Waals surface area contributed by atoms with Crippen LogP contribution in [0.5, 0.6) is 0 Å². The van der Waals surface area contributed by atoms with Crippen molar-refractivity contribution in [2.24, 2.45) is 15.9 Å². The third-order valence-corrected chi connectivity index (χ3v) is 2.69. The lowest BCUT2D eigenvalue weighted by molar-refractivity contribution is -0.137. The van der Waals surface area contributed by atoms with Gasteiger partial charge in [-0.25, -0.2) is 4.99 Å². The Morgan fingerprint density at radius 2 is 2.18 bits per heavy atom. The normalized spacial score (nSPS) is 20.2. The molecule has 0 radical (unpaired) electrons. The molecule has 0 saturated carbocycles. The molecule has 0 spiro atoms. The molecule has 17 heavy (non-hydrogen) atoms. The highest BCUT2D eigenvalue weighted by Crippen LogP contribution is 2.23. The summed E-state index contributed by atoms with van der Waals surface area (Å²) in [7, 11) is 0. The van der Waals surface area contributed by atoms with Crippen molar-refractivity contribution in [3.63, 3.8) is 0 Å². The molecule has 1 aliphatic heterocycles. The van der Waals surface area contributed by atoms with Crippen LogP contribution in [-0.4, -0.2) is 33.6 Å². The monoisotopic (exact) mass is 264 g/mol. The molecule has 94 valence electrons. The van der Waals surface area contributed by atoms with Crippen LogP contribution in [-0.2, 0) is 9.59 Å². The summed E-state index contributed by atoms with van der Waals surface area (Å²) in [6.07, 6.45) is -0.101. The fraction of sp³-hybridized carbons (Fsp3) is 0.556. The SMILES string of the molecule is CC1=NC(SC(F)F)=NC(=O)C1CCC(=O)O. The van der Waals surface area contributed by atoms with Crippen molar-refractivity contribution in [3.05, 3.63) is 0 Å². The molecule has 1 amide bonds. The molecule has 0 aromatic heterocycles.